The topological polar surface area (TPSA) is 109 Å². The monoisotopic (exact) mass is 550 g/mol. The van der Waals surface area contributed by atoms with E-state index in [-0.39, 0.29) is 18.0 Å². The molecule has 0 radical (unpaired) electrons. The Labute approximate surface area is 239 Å². The Hall–Kier alpha value is -4.28. The van der Waals surface area contributed by atoms with E-state index in [1.807, 2.05) is 31.2 Å². The Balaban J connectivity index is 1.00. The number of aromatic nitrogens is 5. The lowest BCUT2D eigenvalue weighted by atomic mass is 9.99. The van der Waals surface area contributed by atoms with Crippen LogP contribution in [0.4, 0.5) is 11.6 Å². The fraction of sp³-hybridized carbons (Fsp3) is 0.355. The van der Waals surface area contributed by atoms with E-state index in [1.54, 1.807) is 18.5 Å². The van der Waals surface area contributed by atoms with Gasteiger partial charge in [-0.25, -0.2) is 24.9 Å². The third kappa shape index (κ3) is 6.90. The average molecular weight is 551 g/mol. The molecule has 10 nitrogen and oxygen atoms in total. The summed E-state index contributed by atoms with van der Waals surface area (Å²) < 4.78 is 5.69. The number of hydrogen-bond donors (Lipinski definition) is 1. The molecule has 3 aromatic heterocycles. The smallest absolute Gasteiger partial charge is 0.311 e. The highest BCUT2D eigenvalue weighted by atomic mass is 16.5. The number of carbonyl (C=O) groups is 1. The highest BCUT2D eigenvalue weighted by Crippen LogP contribution is 2.23. The second-order valence-corrected chi connectivity index (χ2v) is 10.9. The SMILES string of the molecule is Cc1cccc(-c2nccc(Nc3ccnc(Cc4ccc(CN5CC(C(=O)O[C@H]6CCN(C)C6)C5)cc4)n3)n2)n1. The molecule has 2 fully saturated rings. The summed E-state index contributed by atoms with van der Waals surface area (Å²) in [5, 5.41) is 3.26. The van der Waals surface area contributed by atoms with Crippen molar-refractivity contribution < 1.29 is 9.53 Å². The number of nitrogens with one attached hydrogen (secondary N) is 1. The molecule has 6 rings (SSSR count). The first-order chi connectivity index (χ1) is 20.0. The Kier molecular flexibility index (Phi) is 7.93. The summed E-state index contributed by atoms with van der Waals surface area (Å²) in [5.41, 5.74) is 3.99. The molecule has 41 heavy (non-hydrogen) atoms. The van der Waals surface area contributed by atoms with Gasteiger partial charge in [0.15, 0.2) is 5.82 Å². The van der Waals surface area contributed by atoms with Gasteiger partial charge in [-0.15, -0.1) is 0 Å². The molecular weight excluding hydrogens is 516 g/mol. The molecule has 2 saturated heterocycles. The number of pyridine rings is 1. The van der Waals surface area contributed by atoms with Gasteiger partial charge < -0.3 is 15.0 Å². The van der Waals surface area contributed by atoms with Crippen molar-refractivity contribution in [1.82, 2.24) is 34.7 Å². The number of rotatable bonds is 9. The normalized spacial score (nSPS) is 17.8. The highest BCUT2D eigenvalue weighted by Gasteiger charge is 2.35. The molecule has 5 heterocycles. The lowest BCUT2D eigenvalue weighted by Crippen LogP contribution is -2.50. The van der Waals surface area contributed by atoms with Crippen LogP contribution in [-0.2, 0) is 22.5 Å². The van der Waals surface area contributed by atoms with E-state index >= 15 is 0 Å². The first kappa shape index (κ1) is 26.9. The Morgan fingerprint density at radius 1 is 0.927 bits per heavy atom. The van der Waals surface area contributed by atoms with E-state index in [2.05, 4.69) is 71.3 Å². The van der Waals surface area contributed by atoms with Crippen LogP contribution in [-0.4, -0.2) is 80.0 Å². The van der Waals surface area contributed by atoms with E-state index in [1.165, 1.54) is 5.56 Å². The minimum absolute atomic E-state index is 0.00801. The van der Waals surface area contributed by atoms with Gasteiger partial charge in [0.25, 0.3) is 0 Å². The van der Waals surface area contributed by atoms with Crippen molar-refractivity contribution in [3.63, 3.8) is 0 Å². The summed E-state index contributed by atoms with van der Waals surface area (Å²) in [4.78, 5) is 39.5. The zero-order valence-electron chi connectivity index (χ0n) is 23.4. The molecule has 4 aromatic rings. The van der Waals surface area contributed by atoms with Crippen LogP contribution >= 0.6 is 0 Å². The Morgan fingerprint density at radius 2 is 1.68 bits per heavy atom. The summed E-state index contributed by atoms with van der Waals surface area (Å²) in [6.45, 7) is 6.12. The van der Waals surface area contributed by atoms with E-state index in [9.17, 15) is 4.79 Å². The molecule has 0 spiro atoms. The van der Waals surface area contributed by atoms with Crippen LogP contribution in [0, 0.1) is 12.8 Å². The van der Waals surface area contributed by atoms with Crippen molar-refractivity contribution in [3.05, 3.63) is 89.6 Å². The Bertz CT molecular complexity index is 1510. The third-order valence-corrected chi connectivity index (χ3v) is 7.45. The van der Waals surface area contributed by atoms with E-state index in [0.29, 0.717) is 23.9 Å². The van der Waals surface area contributed by atoms with Crippen LogP contribution in [0.3, 0.4) is 0 Å². The number of aryl methyl sites for hydroxylation is 1. The number of anilines is 2. The lowest BCUT2D eigenvalue weighted by Gasteiger charge is -2.38. The molecule has 210 valence electrons. The molecule has 0 unspecified atom stereocenters. The van der Waals surface area contributed by atoms with Crippen LogP contribution < -0.4 is 5.32 Å². The number of ether oxygens (including phenoxy) is 1. The standard InChI is InChI=1S/C31H34N8O2/c1-21-4-3-5-26(34-21)30-33-14-11-28(37-30)35-27-10-13-32-29(36-27)16-22-6-8-23(9-7-22)17-39-18-24(19-39)31(40)41-25-12-15-38(2)20-25/h3-11,13-14,24-25H,12,15-20H2,1-2H3,(H,32,33,35,36,37)/t25-/m0/s1. The average Bonchev–Trinajstić information content (AvgIpc) is 3.36. The van der Waals surface area contributed by atoms with Crippen LogP contribution in [0.25, 0.3) is 11.5 Å². The first-order valence-corrected chi connectivity index (χ1v) is 14.0. The van der Waals surface area contributed by atoms with Gasteiger partial charge in [0.05, 0.1) is 5.92 Å². The van der Waals surface area contributed by atoms with Gasteiger partial charge in [0, 0.05) is 57.2 Å². The van der Waals surface area contributed by atoms with Crippen LogP contribution in [0.1, 0.15) is 29.1 Å². The van der Waals surface area contributed by atoms with Crippen LogP contribution in [0.2, 0.25) is 0 Å². The fourth-order valence-electron chi connectivity index (χ4n) is 5.21. The van der Waals surface area contributed by atoms with E-state index < -0.39 is 0 Å². The van der Waals surface area contributed by atoms with Gasteiger partial charge in [-0.3, -0.25) is 9.69 Å². The molecule has 0 saturated carbocycles. The van der Waals surface area contributed by atoms with Crippen LogP contribution in [0.15, 0.2) is 67.0 Å². The lowest BCUT2D eigenvalue weighted by molar-refractivity contribution is -0.159. The molecule has 1 aromatic carbocycles. The number of nitrogens with zero attached hydrogens (tertiary/aromatic N) is 7. The number of carbonyl (C=O) groups excluding carboxylic acids is 1. The molecule has 0 bridgehead atoms. The minimum atomic E-state index is -0.0444. The molecule has 10 heteroatoms. The molecule has 0 amide bonds. The van der Waals surface area contributed by atoms with Crippen molar-refractivity contribution >= 4 is 17.6 Å². The number of benzene rings is 1. The molecule has 0 aliphatic carbocycles. The van der Waals surface area contributed by atoms with Crippen molar-refractivity contribution in [2.45, 2.75) is 32.4 Å². The fourth-order valence-corrected chi connectivity index (χ4v) is 5.21. The van der Waals surface area contributed by atoms with Gasteiger partial charge in [-0.2, -0.15) is 0 Å². The summed E-state index contributed by atoms with van der Waals surface area (Å²) in [5.74, 6) is 2.52. The first-order valence-electron chi connectivity index (χ1n) is 14.0. The van der Waals surface area contributed by atoms with Gasteiger partial charge in [0.1, 0.15) is 29.3 Å². The maximum absolute atomic E-state index is 12.4. The molecule has 2 aliphatic rings. The zero-order valence-corrected chi connectivity index (χ0v) is 23.4. The predicted molar refractivity (Wildman–Crippen MR) is 155 cm³/mol. The van der Waals surface area contributed by atoms with Gasteiger partial charge in [-0.05, 0) is 55.8 Å². The van der Waals surface area contributed by atoms with Crippen LogP contribution in [0.5, 0.6) is 0 Å². The van der Waals surface area contributed by atoms with Gasteiger partial charge in [0.2, 0.25) is 0 Å². The number of esters is 1. The summed E-state index contributed by atoms with van der Waals surface area (Å²) in [7, 11) is 2.06. The number of likely N-dealkylation sites (N-methyl/N-ethyl adjacent to an activating group) is 1. The number of likely N-dealkylation sites (tertiary alicyclic amines) is 2. The molecule has 1 atom stereocenters. The molecular formula is C31H34N8O2. The minimum Gasteiger partial charge on any atom is -0.461 e. The third-order valence-electron chi connectivity index (χ3n) is 7.45. The summed E-state index contributed by atoms with van der Waals surface area (Å²) in [6, 6.07) is 17.9. The largest absolute Gasteiger partial charge is 0.461 e. The molecule has 1 N–H and O–H groups in total. The molecule has 2 aliphatic heterocycles. The maximum atomic E-state index is 12.4. The van der Waals surface area contributed by atoms with Crippen molar-refractivity contribution in [2.75, 3.05) is 38.5 Å². The second kappa shape index (κ2) is 12.1. The van der Waals surface area contributed by atoms with Crippen molar-refractivity contribution in [2.24, 2.45) is 5.92 Å². The van der Waals surface area contributed by atoms with Crippen molar-refractivity contribution in [3.8, 4) is 11.5 Å². The summed E-state index contributed by atoms with van der Waals surface area (Å²) in [6.07, 6.45) is 5.06. The summed E-state index contributed by atoms with van der Waals surface area (Å²) >= 11 is 0. The second-order valence-electron chi connectivity index (χ2n) is 10.9. The van der Waals surface area contributed by atoms with E-state index in [0.717, 1.165) is 61.9 Å². The quantitative estimate of drug-likeness (QED) is 0.310. The zero-order chi connectivity index (χ0) is 28.2. The Morgan fingerprint density at radius 3 is 2.44 bits per heavy atom. The van der Waals surface area contributed by atoms with Crippen molar-refractivity contribution in [1.29, 1.82) is 0 Å². The van der Waals surface area contributed by atoms with Gasteiger partial charge in [-0.1, -0.05) is 30.3 Å². The predicted octanol–water partition coefficient (Wildman–Crippen LogP) is 3.65. The van der Waals surface area contributed by atoms with Gasteiger partial charge >= 0.3 is 5.97 Å². The van der Waals surface area contributed by atoms with E-state index in [4.69, 9.17) is 4.74 Å². The maximum Gasteiger partial charge on any atom is 0.311 e. The number of hydrogen-bond acceptors (Lipinski definition) is 10. The highest BCUT2D eigenvalue weighted by molar-refractivity contribution is 5.74.